The highest BCUT2D eigenvalue weighted by atomic mass is 16.2. The summed E-state index contributed by atoms with van der Waals surface area (Å²) < 4.78 is 0. The highest BCUT2D eigenvalue weighted by Crippen LogP contribution is 1.99. The summed E-state index contributed by atoms with van der Waals surface area (Å²) in [7, 11) is 0. The normalized spacial score (nSPS) is 9.53. The molecule has 0 aliphatic heterocycles. The lowest BCUT2D eigenvalue weighted by molar-refractivity contribution is 0.283. The molecule has 1 N–H and O–H groups in total. The maximum atomic E-state index is 8.58. The fourth-order valence-electron chi connectivity index (χ4n) is 1.34. The van der Waals surface area contributed by atoms with Gasteiger partial charge in [0.25, 0.3) is 0 Å². The van der Waals surface area contributed by atoms with Crippen LogP contribution in [-0.4, -0.2) is 11.7 Å². The standard InChI is InChI=1S/C16H24O/c1-2-3-4-5-6-7-8-9-10-11-12-13-14-15-16-17/h6-7,17H,2-5,12-16H2,1H3/b7-6-. The van der Waals surface area contributed by atoms with Crippen molar-refractivity contribution in [1.29, 1.82) is 0 Å². The Bertz CT molecular complexity index is 293. The van der Waals surface area contributed by atoms with Crippen molar-refractivity contribution < 1.29 is 5.11 Å². The molecule has 94 valence electrons. The van der Waals surface area contributed by atoms with Crippen LogP contribution in [0.25, 0.3) is 0 Å². The maximum Gasteiger partial charge on any atom is 0.0431 e. The van der Waals surface area contributed by atoms with Crippen LogP contribution < -0.4 is 0 Å². The van der Waals surface area contributed by atoms with Gasteiger partial charge in [-0.05, 0) is 43.6 Å². The van der Waals surface area contributed by atoms with Crippen LogP contribution in [0.2, 0.25) is 0 Å². The van der Waals surface area contributed by atoms with Crippen molar-refractivity contribution in [2.45, 2.75) is 58.3 Å². The molecule has 0 fully saturated rings. The quantitative estimate of drug-likeness (QED) is 0.500. The number of rotatable bonds is 8. The molecule has 17 heavy (non-hydrogen) atoms. The molecule has 0 unspecified atom stereocenters. The summed E-state index contributed by atoms with van der Waals surface area (Å²) in [5.74, 6) is 11.6. The van der Waals surface area contributed by atoms with Crippen LogP contribution in [0.3, 0.4) is 0 Å². The van der Waals surface area contributed by atoms with Gasteiger partial charge in [-0.1, -0.05) is 44.1 Å². The van der Waals surface area contributed by atoms with Crippen LogP contribution in [0.1, 0.15) is 58.3 Å². The largest absolute Gasteiger partial charge is 0.396 e. The molecule has 0 aromatic carbocycles. The Morgan fingerprint density at radius 1 is 1.00 bits per heavy atom. The van der Waals surface area contributed by atoms with Crippen molar-refractivity contribution in [1.82, 2.24) is 0 Å². The number of aliphatic hydroxyl groups is 1. The predicted molar refractivity (Wildman–Crippen MR) is 74.4 cm³/mol. The van der Waals surface area contributed by atoms with E-state index in [9.17, 15) is 0 Å². The van der Waals surface area contributed by atoms with Gasteiger partial charge in [-0.25, -0.2) is 0 Å². The summed E-state index contributed by atoms with van der Waals surface area (Å²) in [4.78, 5) is 0. The van der Waals surface area contributed by atoms with Crippen LogP contribution in [0.4, 0.5) is 0 Å². The van der Waals surface area contributed by atoms with Gasteiger partial charge < -0.3 is 5.11 Å². The average molecular weight is 232 g/mol. The van der Waals surface area contributed by atoms with Crippen molar-refractivity contribution in [3.63, 3.8) is 0 Å². The van der Waals surface area contributed by atoms with Gasteiger partial charge in [0.1, 0.15) is 0 Å². The first-order valence-electron chi connectivity index (χ1n) is 6.66. The highest BCUT2D eigenvalue weighted by Gasteiger charge is 1.83. The zero-order valence-corrected chi connectivity index (χ0v) is 11.0. The van der Waals surface area contributed by atoms with Crippen LogP contribution in [-0.2, 0) is 0 Å². The lowest BCUT2D eigenvalue weighted by Crippen LogP contribution is -1.81. The number of hydrogen-bond donors (Lipinski definition) is 1. The van der Waals surface area contributed by atoms with Gasteiger partial charge in [0.2, 0.25) is 0 Å². The first-order valence-corrected chi connectivity index (χ1v) is 6.66. The summed E-state index contributed by atoms with van der Waals surface area (Å²) in [5.41, 5.74) is 0. The SMILES string of the molecule is CCCCC/C=C\C#CC#CCCCCCO. The van der Waals surface area contributed by atoms with E-state index in [0.717, 1.165) is 32.1 Å². The first-order chi connectivity index (χ1) is 8.41. The van der Waals surface area contributed by atoms with Gasteiger partial charge >= 0.3 is 0 Å². The summed E-state index contributed by atoms with van der Waals surface area (Å²) >= 11 is 0. The zero-order valence-electron chi connectivity index (χ0n) is 11.0. The van der Waals surface area contributed by atoms with E-state index in [-0.39, 0.29) is 6.61 Å². The second-order valence-electron chi connectivity index (χ2n) is 4.00. The Morgan fingerprint density at radius 2 is 1.88 bits per heavy atom. The van der Waals surface area contributed by atoms with E-state index >= 15 is 0 Å². The van der Waals surface area contributed by atoms with E-state index in [2.05, 4.69) is 36.7 Å². The topological polar surface area (TPSA) is 20.2 Å². The molecule has 1 heteroatoms. The molecule has 0 aromatic rings. The van der Waals surface area contributed by atoms with Crippen LogP contribution in [0, 0.1) is 23.7 Å². The molecule has 0 bridgehead atoms. The molecule has 1 nitrogen and oxygen atoms in total. The molecular weight excluding hydrogens is 208 g/mol. The van der Waals surface area contributed by atoms with Crippen molar-refractivity contribution in [3.8, 4) is 23.7 Å². The van der Waals surface area contributed by atoms with Crippen LogP contribution in [0.5, 0.6) is 0 Å². The Morgan fingerprint density at radius 3 is 2.65 bits per heavy atom. The van der Waals surface area contributed by atoms with Crippen molar-refractivity contribution in [3.05, 3.63) is 12.2 Å². The summed E-state index contributed by atoms with van der Waals surface area (Å²) in [6, 6.07) is 0. The Labute approximate surface area is 106 Å². The van der Waals surface area contributed by atoms with Gasteiger partial charge in [0.05, 0.1) is 0 Å². The van der Waals surface area contributed by atoms with Gasteiger partial charge in [-0.2, -0.15) is 0 Å². The molecule has 0 saturated heterocycles. The van der Waals surface area contributed by atoms with Gasteiger partial charge in [-0.3, -0.25) is 0 Å². The van der Waals surface area contributed by atoms with E-state index in [1.807, 2.05) is 6.08 Å². The second kappa shape index (κ2) is 14.8. The lowest BCUT2D eigenvalue weighted by atomic mass is 10.2. The lowest BCUT2D eigenvalue weighted by Gasteiger charge is -1.90. The molecule has 0 aliphatic rings. The van der Waals surface area contributed by atoms with Gasteiger partial charge in [0.15, 0.2) is 0 Å². The fourth-order valence-corrected chi connectivity index (χ4v) is 1.34. The third-order valence-corrected chi connectivity index (χ3v) is 2.36. The highest BCUT2D eigenvalue weighted by molar-refractivity contribution is 5.30. The molecule has 0 atom stereocenters. The summed E-state index contributed by atoms with van der Waals surface area (Å²) in [6.45, 7) is 2.50. The van der Waals surface area contributed by atoms with E-state index in [1.54, 1.807) is 0 Å². The Kier molecular flexibility index (Phi) is 13.8. The molecular formula is C16H24O. The molecule has 0 heterocycles. The number of allylic oxidation sites excluding steroid dienone is 2. The minimum Gasteiger partial charge on any atom is -0.396 e. The number of aliphatic hydroxyl groups excluding tert-OH is 1. The van der Waals surface area contributed by atoms with Gasteiger partial charge in [-0.15, -0.1) is 0 Å². The molecule has 0 amide bonds. The van der Waals surface area contributed by atoms with E-state index in [1.165, 1.54) is 19.3 Å². The van der Waals surface area contributed by atoms with Crippen LogP contribution in [0.15, 0.2) is 12.2 Å². The Hall–Kier alpha value is -1.18. The predicted octanol–water partition coefficient (Wildman–Crippen LogP) is 3.68. The molecule has 0 spiro atoms. The fraction of sp³-hybridized carbons (Fsp3) is 0.625. The first kappa shape index (κ1) is 15.8. The van der Waals surface area contributed by atoms with E-state index in [4.69, 9.17) is 5.11 Å². The van der Waals surface area contributed by atoms with Crippen molar-refractivity contribution in [2.24, 2.45) is 0 Å². The monoisotopic (exact) mass is 232 g/mol. The molecule has 0 radical (unpaired) electrons. The molecule has 0 aromatic heterocycles. The van der Waals surface area contributed by atoms with Crippen LogP contribution >= 0.6 is 0 Å². The van der Waals surface area contributed by atoms with E-state index in [0.29, 0.717) is 0 Å². The minimum absolute atomic E-state index is 0.288. The second-order valence-corrected chi connectivity index (χ2v) is 4.00. The third kappa shape index (κ3) is 14.8. The van der Waals surface area contributed by atoms with Crippen molar-refractivity contribution >= 4 is 0 Å². The number of unbranched alkanes of at least 4 members (excludes halogenated alkanes) is 6. The summed E-state index contributed by atoms with van der Waals surface area (Å²) in [6.07, 6.45) is 12.8. The average Bonchev–Trinajstić information content (AvgIpc) is 2.35. The Balaban J connectivity index is 3.43. The summed E-state index contributed by atoms with van der Waals surface area (Å²) in [5, 5.41) is 8.58. The molecule has 0 rings (SSSR count). The number of hydrogen-bond acceptors (Lipinski definition) is 1. The maximum absolute atomic E-state index is 8.58. The third-order valence-electron chi connectivity index (χ3n) is 2.36. The van der Waals surface area contributed by atoms with E-state index < -0.39 is 0 Å². The minimum atomic E-state index is 0.288. The smallest absolute Gasteiger partial charge is 0.0431 e. The molecule has 0 aliphatic carbocycles. The van der Waals surface area contributed by atoms with Crippen molar-refractivity contribution in [2.75, 3.05) is 6.61 Å². The molecule has 0 saturated carbocycles. The van der Waals surface area contributed by atoms with Gasteiger partial charge in [0, 0.05) is 13.0 Å². The zero-order chi connectivity index (χ0) is 12.6.